The van der Waals surface area contributed by atoms with E-state index in [-0.39, 0.29) is 19.7 Å². The molecule has 31 heavy (non-hydrogen) atoms. The number of nitrogens with one attached hydrogen (secondary N) is 2. The molecule has 1 heterocycles. The lowest BCUT2D eigenvalue weighted by Crippen LogP contribution is -2.39. The molecule has 2 N–H and O–H groups in total. The van der Waals surface area contributed by atoms with Gasteiger partial charge in [-0.25, -0.2) is 4.79 Å². The van der Waals surface area contributed by atoms with Gasteiger partial charge in [0.15, 0.2) is 11.0 Å². The summed E-state index contributed by atoms with van der Waals surface area (Å²) in [4.78, 5) is 23.4. The minimum Gasteiger partial charge on any atom is -0.465 e. The molecule has 0 aliphatic heterocycles. The van der Waals surface area contributed by atoms with E-state index in [0.29, 0.717) is 5.82 Å². The normalized spacial score (nSPS) is 10.5. The second kappa shape index (κ2) is 11.2. The number of thioether (sulfide) groups is 1. The van der Waals surface area contributed by atoms with Gasteiger partial charge in [0.1, 0.15) is 6.54 Å². The van der Waals surface area contributed by atoms with E-state index >= 15 is 0 Å². The summed E-state index contributed by atoms with van der Waals surface area (Å²) in [5.41, 5.74) is 3.24. The van der Waals surface area contributed by atoms with Crippen molar-refractivity contribution in [1.29, 1.82) is 0 Å². The Hall–Kier alpha value is -3.33. The van der Waals surface area contributed by atoms with Gasteiger partial charge < -0.3 is 15.4 Å². The van der Waals surface area contributed by atoms with Crippen molar-refractivity contribution in [2.24, 2.45) is 0 Å². The molecule has 8 nitrogen and oxygen atoms in total. The molecule has 2 amide bonds. The summed E-state index contributed by atoms with van der Waals surface area (Å²) in [5.74, 6) is 0.851. The predicted molar refractivity (Wildman–Crippen MR) is 119 cm³/mol. The zero-order valence-corrected chi connectivity index (χ0v) is 18.3. The average molecular weight is 440 g/mol. The van der Waals surface area contributed by atoms with Gasteiger partial charge >= 0.3 is 12.0 Å². The van der Waals surface area contributed by atoms with Crippen LogP contribution >= 0.6 is 11.8 Å². The van der Waals surface area contributed by atoms with Crippen LogP contribution in [0.5, 0.6) is 0 Å². The highest BCUT2D eigenvalue weighted by Gasteiger charge is 2.16. The molecule has 0 bridgehead atoms. The topological polar surface area (TPSA) is 98.1 Å². The summed E-state index contributed by atoms with van der Waals surface area (Å²) < 4.78 is 6.73. The Labute approximate surface area is 185 Å². The number of carbonyl (C=O) groups is 2. The molecule has 162 valence electrons. The van der Waals surface area contributed by atoms with Gasteiger partial charge in [0.2, 0.25) is 0 Å². The largest absolute Gasteiger partial charge is 0.465 e. The van der Waals surface area contributed by atoms with E-state index in [1.54, 1.807) is 18.7 Å². The van der Waals surface area contributed by atoms with Crippen LogP contribution in [0.1, 0.15) is 23.9 Å². The highest BCUT2D eigenvalue weighted by Crippen LogP contribution is 2.25. The number of urea groups is 1. The Balaban J connectivity index is 1.71. The molecule has 3 rings (SSSR count). The van der Waals surface area contributed by atoms with Gasteiger partial charge in [-0.3, -0.25) is 9.36 Å². The van der Waals surface area contributed by atoms with Crippen molar-refractivity contribution in [1.82, 2.24) is 25.4 Å². The molecule has 0 atom stereocenters. The maximum Gasteiger partial charge on any atom is 0.325 e. The van der Waals surface area contributed by atoms with Crippen LogP contribution in [0.2, 0.25) is 0 Å². The Bertz CT molecular complexity index is 1010. The standard InChI is InChI=1S/C22H25N5O3S/c1-3-30-20(28)14-24-21(29)23-13-19-25-26-22(31-15-17-7-5-4-6-8-17)27(19)18-11-9-16(2)10-12-18/h4-12H,3,13-15H2,1-2H3,(H2,23,24,29). The van der Waals surface area contributed by atoms with Gasteiger partial charge in [-0.1, -0.05) is 59.8 Å². The molecule has 0 unspecified atom stereocenters. The van der Waals surface area contributed by atoms with Gasteiger partial charge in [-0.2, -0.15) is 0 Å². The van der Waals surface area contributed by atoms with E-state index < -0.39 is 12.0 Å². The van der Waals surface area contributed by atoms with Crippen LogP contribution in [0.3, 0.4) is 0 Å². The lowest BCUT2D eigenvalue weighted by atomic mass is 10.2. The number of hydrogen-bond donors (Lipinski definition) is 2. The molecule has 0 radical (unpaired) electrons. The molecule has 0 saturated carbocycles. The number of nitrogens with zero attached hydrogens (tertiary/aromatic N) is 3. The van der Waals surface area contributed by atoms with E-state index in [1.807, 2.05) is 54.0 Å². The zero-order chi connectivity index (χ0) is 22.1. The number of esters is 1. The highest BCUT2D eigenvalue weighted by atomic mass is 32.2. The lowest BCUT2D eigenvalue weighted by Gasteiger charge is -2.12. The first-order valence-electron chi connectivity index (χ1n) is 9.92. The van der Waals surface area contributed by atoms with Gasteiger partial charge in [0.25, 0.3) is 0 Å². The van der Waals surface area contributed by atoms with Crippen LogP contribution in [0.25, 0.3) is 5.69 Å². The van der Waals surface area contributed by atoms with Gasteiger partial charge in [0.05, 0.1) is 13.2 Å². The molecule has 3 aromatic rings. The number of ether oxygens (including phenoxy) is 1. The molecule has 9 heteroatoms. The molecular weight excluding hydrogens is 414 g/mol. The molecule has 0 spiro atoms. The van der Waals surface area contributed by atoms with Crippen molar-refractivity contribution in [3.8, 4) is 5.69 Å². The average Bonchev–Trinajstić information content (AvgIpc) is 3.19. The van der Waals surface area contributed by atoms with Crippen LogP contribution in [0.15, 0.2) is 59.8 Å². The zero-order valence-electron chi connectivity index (χ0n) is 17.5. The van der Waals surface area contributed by atoms with E-state index in [1.165, 1.54) is 5.56 Å². The monoisotopic (exact) mass is 439 g/mol. The Morgan fingerprint density at radius 2 is 1.77 bits per heavy atom. The highest BCUT2D eigenvalue weighted by molar-refractivity contribution is 7.98. The van der Waals surface area contributed by atoms with E-state index in [4.69, 9.17) is 4.74 Å². The summed E-state index contributed by atoms with van der Waals surface area (Å²) in [6, 6.07) is 17.7. The van der Waals surface area contributed by atoms with Crippen LogP contribution < -0.4 is 10.6 Å². The molecule has 0 aliphatic rings. The summed E-state index contributed by atoms with van der Waals surface area (Å²) >= 11 is 1.57. The molecule has 0 saturated heterocycles. The van der Waals surface area contributed by atoms with Crippen molar-refractivity contribution < 1.29 is 14.3 Å². The number of hydrogen-bond acceptors (Lipinski definition) is 6. The van der Waals surface area contributed by atoms with E-state index in [9.17, 15) is 9.59 Å². The Kier molecular flexibility index (Phi) is 8.05. The molecule has 1 aromatic heterocycles. The fourth-order valence-corrected chi connectivity index (χ4v) is 3.70. The third-order valence-electron chi connectivity index (χ3n) is 4.31. The number of aryl methyl sites for hydroxylation is 1. The van der Waals surface area contributed by atoms with Crippen LogP contribution in [0, 0.1) is 6.92 Å². The minimum atomic E-state index is -0.486. The third-order valence-corrected chi connectivity index (χ3v) is 5.31. The molecular formula is C22H25N5O3S. The number of rotatable bonds is 9. The van der Waals surface area contributed by atoms with Crippen molar-refractivity contribution in [3.05, 3.63) is 71.5 Å². The summed E-state index contributed by atoms with van der Waals surface area (Å²) in [7, 11) is 0. The second-order valence-corrected chi connectivity index (χ2v) is 7.63. The van der Waals surface area contributed by atoms with Crippen molar-refractivity contribution >= 4 is 23.8 Å². The summed E-state index contributed by atoms with van der Waals surface area (Å²) in [6.45, 7) is 3.97. The number of carbonyl (C=O) groups excluding carboxylic acids is 2. The van der Waals surface area contributed by atoms with Crippen molar-refractivity contribution in [3.63, 3.8) is 0 Å². The first-order valence-corrected chi connectivity index (χ1v) is 10.9. The minimum absolute atomic E-state index is 0.154. The van der Waals surface area contributed by atoms with Crippen LogP contribution in [0.4, 0.5) is 4.79 Å². The summed E-state index contributed by atoms with van der Waals surface area (Å²) in [6.07, 6.45) is 0. The fourth-order valence-electron chi connectivity index (χ4n) is 2.77. The molecule has 0 aliphatic carbocycles. The van der Waals surface area contributed by atoms with Crippen LogP contribution in [-0.4, -0.2) is 39.9 Å². The Morgan fingerprint density at radius 1 is 1.03 bits per heavy atom. The maximum absolute atomic E-state index is 12.0. The van der Waals surface area contributed by atoms with Crippen LogP contribution in [-0.2, 0) is 21.8 Å². The second-order valence-electron chi connectivity index (χ2n) is 6.69. The van der Waals surface area contributed by atoms with Gasteiger partial charge in [-0.15, -0.1) is 10.2 Å². The van der Waals surface area contributed by atoms with E-state index in [0.717, 1.165) is 22.2 Å². The first-order chi connectivity index (χ1) is 15.1. The summed E-state index contributed by atoms with van der Waals surface area (Å²) in [5, 5.41) is 14.5. The number of benzene rings is 2. The predicted octanol–water partition coefficient (Wildman–Crippen LogP) is 3.23. The fraction of sp³-hybridized carbons (Fsp3) is 0.273. The number of amides is 2. The maximum atomic E-state index is 12.0. The quantitative estimate of drug-likeness (QED) is 0.392. The molecule has 2 aromatic carbocycles. The SMILES string of the molecule is CCOC(=O)CNC(=O)NCc1nnc(SCc2ccccc2)n1-c1ccc(C)cc1. The Morgan fingerprint density at radius 3 is 2.48 bits per heavy atom. The smallest absolute Gasteiger partial charge is 0.325 e. The lowest BCUT2D eigenvalue weighted by molar-refractivity contribution is -0.141. The van der Waals surface area contributed by atoms with Gasteiger partial charge in [0, 0.05) is 11.4 Å². The first kappa shape index (κ1) is 22.4. The van der Waals surface area contributed by atoms with Gasteiger partial charge in [-0.05, 0) is 31.5 Å². The third kappa shape index (κ3) is 6.58. The van der Waals surface area contributed by atoms with Crippen molar-refractivity contribution in [2.75, 3.05) is 13.2 Å². The number of aromatic nitrogens is 3. The van der Waals surface area contributed by atoms with Crippen molar-refractivity contribution in [2.45, 2.75) is 31.3 Å². The molecule has 0 fully saturated rings. The van der Waals surface area contributed by atoms with E-state index in [2.05, 4.69) is 33.0 Å².